The Hall–Kier alpha value is -1.46. The predicted molar refractivity (Wildman–Crippen MR) is 67.7 cm³/mol. The molecule has 1 aromatic rings. The second-order valence-corrected chi connectivity index (χ2v) is 4.03. The summed E-state index contributed by atoms with van der Waals surface area (Å²) in [7, 11) is 4.88. The molecule has 0 unspecified atom stereocenters. The number of methoxy groups -OCH3 is 3. The van der Waals surface area contributed by atoms with E-state index in [4.69, 9.17) is 18.9 Å². The van der Waals surface area contributed by atoms with Gasteiger partial charge >= 0.3 is 0 Å². The topological polar surface area (TPSA) is 49.0 Å². The zero-order valence-electron chi connectivity index (χ0n) is 11.0. The number of benzene rings is 1. The van der Waals surface area contributed by atoms with Crippen LogP contribution in [-0.4, -0.2) is 41.1 Å². The Bertz CT molecular complexity index is 402. The van der Waals surface area contributed by atoms with E-state index in [0.717, 1.165) is 24.5 Å². The van der Waals surface area contributed by atoms with Crippen molar-refractivity contribution in [2.75, 3.05) is 41.1 Å². The van der Waals surface area contributed by atoms with E-state index >= 15 is 0 Å². The van der Waals surface area contributed by atoms with Gasteiger partial charge in [0.05, 0.1) is 40.6 Å². The van der Waals surface area contributed by atoms with E-state index in [0.29, 0.717) is 18.1 Å². The molecule has 1 fully saturated rings. The van der Waals surface area contributed by atoms with Crippen molar-refractivity contribution in [2.45, 2.75) is 6.04 Å². The monoisotopic (exact) mass is 253 g/mol. The lowest BCUT2D eigenvalue weighted by Gasteiger charge is -2.26. The minimum atomic E-state index is 0.119. The number of ether oxygens (including phenoxy) is 4. The Morgan fingerprint density at radius 1 is 1.06 bits per heavy atom. The van der Waals surface area contributed by atoms with Crippen LogP contribution in [0.2, 0.25) is 0 Å². The minimum absolute atomic E-state index is 0.119. The highest BCUT2D eigenvalue weighted by Crippen LogP contribution is 2.37. The third-order valence-electron chi connectivity index (χ3n) is 3.03. The maximum absolute atomic E-state index is 5.48. The molecule has 1 saturated heterocycles. The van der Waals surface area contributed by atoms with Gasteiger partial charge in [-0.25, -0.2) is 0 Å². The molecule has 0 aromatic heterocycles. The smallest absolute Gasteiger partial charge is 0.164 e. The quantitative estimate of drug-likeness (QED) is 0.878. The molecule has 100 valence electrons. The van der Waals surface area contributed by atoms with E-state index in [1.54, 1.807) is 21.3 Å². The first-order valence-corrected chi connectivity index (χ1v) is 5.91. The van der Waals surface area contributed by atoms with Crippen molar-refractivity contribution >= 4 is 0 Å². The van der Waals surface area contributed by atoms with Gasteiger partial charge in [0.25, 0.3) is 0 Å². The Morgan fingerprint density at radius 3 is 2.28 bits per heavy atom. The van der Waals surface area contributed by atoms with Gasteiger partial charge < -0.3 is 24.3 Å². The summed E-state index contributed by atoms with van der Waals surface area (Å²) in [6.07, 6.45) is 0. The van der Waals surface area contributed by atoms with Crippen LogP contribution in [0.1, 0.15) is 11.6 Å². The van der Waals surface area contributed by atoms with E-state index < -0.39 is 0 Å². The molecule has 1 aromatic carbocycles. The van der Waals surface area contributed by atoms with Crippen LogP contribution in [0.4, 0.5) is 0 Å². The van der Waals surface area contributed by atoms with Crippen LogP contribution in [0.3, 0.4) is 0 Å². The molecule has 0 radical (unpaired) electrons. The fourth-order valence-electron chi connectivity index (χ4n) is 2.09. The van der Waals surface area contributed by atoms with Crippen LogP contribution < -0.4 is 19.5 Å². The first-order valence-electron chi connectivity index (χ1n) is 5.91. The maximum atomic E-state index is 5.48. The highest BCUT2D eigenvalue weighted by molar-refractivity contribution is 5.52. The summed E-state index contributed by atoms with van der Waals surface area (Å²) >= 11 is 0. The lowest BCUT2D eigenvalue weighted by atomic mass is 10.0. The SMILES string of the molecule is COc1cc(OC)c([C@H]2COCCN2)cc1OC. The zero-order chi connectivity index (χ0) is 13.0. The summed E-state index contributed by atoms with van der Waals surface area (Å²) in [6.45, 7) is 2.21. The average molecular weight is 253 g/mol. The summed E-state index contributed by atoms with van der Waals surface area (Å²) < 4.78 is 21.5. The number of morpholine rings is 1. The average Bonchev–Trinajstić information content (AvgIpc) is 2.46. The second kappa shape index (κ2) is 5.93. The Labute approximate surface area is 107 Å². The van der Waals surface area contributed by atoms with Gasteiger partial charge in [-0.3, -0.25) is 0 Å². The first-order chi connectivity index (χ1) is 8.80. The fourth-order valence-corrected chi connectivity index (χ4v) is 2.09. The summed E-state index contributed by atoms with van der Waals surface area (Å²) in [5.74, 6) is 2.13. The molecule has 1 atom stereocenters. The molecule has 1 N–H and O–H groups in total. The molecule has 0 saturated carbocycles. The molecule has 0 amide bonds. The molecular formula is C13H19NO4. The van der Waals surface area contributed by atoms with Gasteiger partial charge in [-0.15, -0.1) is 0 Å². The molecule has 1 heterocycles. The van der Waals surface area contributed by atoms with Gasteiger partial charge in [0, 0.05) is 18.2 Å². The van der Waals surface area contributed by atoms with Gasteiger partial charge in [-0.2, -0.15) is 0 Å². The van der Waals surface area contributed by atoms with E-state index in [1.807, 2.05) is 12.1 Å². The van der Waals surface area contributed by atoms with Crippen LogP contribution in [0, 0.1) is 0 Å². The van der Waals surface area contributed by atoms with Gasteiger partial charge in [-0.05, 0) is 6.07 Å². The zero-order valence-corrected chi connectivity index (χ0v) is 11.0. The summed E-state index contributed by atoms with van der Waals surface area (Å²) in [5.41, 5.74) is 1.02. The van der Waals surface area contributed by atoms with Crippen LogP contribution >= 0.6 is 0 Å². The Morgan fingerprint density at radius 2 is 1.72 bits per heavy atom. The van der Waals surface area contributed by atoms with Crippen LogP contribution in [0.15, 0.2) is 12.1 Å². The van der Waals surface area contributed by atoms with Crippen molar-refractivity contribution in [3.63, 3.8) is 0 Å². The van der Waals surface area contributed by atoms with Crippen LogP contribution in [-0.2, 0) is 4.74 Å². The van der Waals surface area contributed by atoms with E-state index in [-0.39, 0.29) is 6.04 Å². The second-order valence-electron chi connectivity index (χ2n) is 4.03. The van der Waals surface area contributed by atoms with Crippen molar-refractivity contribution in [1.82, 2.24) is 5.32 Å². The van der Waals surface area contributed by atoms with E-state index in [9.17, 15) is 0 Å². The molecular weight excluding hydrogens is 234 g/mol. The van der Waals surface area contributed by atoms with Crippen LogP contribution in [0.25, 0.3) is 0 Å². The predicted octanol–water partition coefficient (Wildman–Crippen LogP) is 1.37. The van der Waals surface area contributed by atoms with Gasteiger partial charge in [0.1, 0.15) is 5.75 Å². The standard InChI is InChI=1S/C13H19NO4/c1-15-11-7-13(17-3)12(16-2)6-9(11)10-8-18-5-4-14-10/h6-7,10,14H,4-5,8H2,1-3H3/t10-/m1/s1. The molecule has 0 bridgehead atoms. The van der Waals surface area contributed by atoms with Crippen molar-refractivity contribution < 1.29 is 18.9 Å². The first kappa shape index (κ1) is 13.0. The van der Waals surface area contributed by atoms with E-state index in [1.165, 1.54) is 0 Å². The summed E-state index contributed by atoms with van der Waals surface area (Å²) in [6, 6.07) is 3.89. The largest absolute Gasteiger partial charge is 0.496 e. The fraction of sp³-hybridized carbons (Fsp3) is 0.538. The van der Waals surface area contributed by atoms with Gasteiger partial charge in [0.15, 0.2) is 11.5 Å². The lowest BCUT2D eigenvalue weighted by Crippen LogP contribution is -2.34. The number of hydrogen-bond donors (Lipinski definition) is 1. The molecule has 0 aliphatic carbocycles. The van der Waals surface area contributed by atoms with Gasteiger partial charge in [0.2, 0.25) is 0 Å². The maximum Gasteiger partial charge on any atom is 0.164 e. The molecule has 0 spiro atoms. The number of nitrogens with one attached hydrogen (secondary N) is 1. The van der Waals surface area contributed by atoms with Gasteiger partial charge in [-0.1, -0.05) is 0 Å². The lowest BCUT2D eigenvalue weighted by molar-refractivity contribution is 0.0759. The molecule has 18 heavy (non-hydrogen) atoms. The van der Waals surface area contributed by atoms with E-state index in [2.05, 4.69) is 5.32 Å². The highest BCUT2D eigenvalue weighted by atomic mass is 16.5. The Kier molecular flexibility index (Phi) is 4.28. The molecule has 1 aliphatic heterocycles. The number of rotatable bonds is 4. The van der Waals surface area contributed by atoms with Crippen molar-refractivity contribution in [3.05, 3.63) is 17.7 Å². The molecule has 5 nitrogen and oxygen atoms in total. The summed E-state index contributed by atoms with van der Waals surface area (Å²) in [4.78, 5) is 0. The molecule has 2 rings (SSSR count). The Balaban J connectivity index is 2.37. The number of hydrogen-bond acceptors (Lipinski definition) is 5. The molecule has 1 aliphatic rings. The summed E-state index contributed by atoms with van der Waals surface area (Å²) in [5, 5.41) is 3.40. The third kappa shape index (κ3) is 2.52. The van der Waals surface area contributed by atoms with Crippen molar-refractivity contribution in [3.8, 4) is 17.2 Å². The third-order valence-corrected chi connectivity index (χ3v) is 3.03. The highest BCUT2D eigenvalue weighted by Gasteiger charge is 2.21. The normalized spacial score (nSPS) is 19.4. The van der Waals surface area contributed by atoms with Crippen molar-refractivity contribution in [2.24, 2.45) is 0 Å². The molecule has 5 heteroatoms. The van der Waals surface area contributed by atoms with Crippen LogP contribution in [0.5, 0.6) is 17.2 Å². The van der Waals surface area contributed by atoms with Crippen molar-refractivity contribution in [1.29, 1.82) is 0 Å². The minimum Gasteiger partial charge on any atom is -0.496 e.